The Morgan fingerprint density at radius 2 is 1.88 bits per heavy atom. The van der Waals surface area contributed by atoms with E-state index in [0.717, 1.165) is 5.92 Å². The van der Waals surface area contributed by atoms with Gasteiger partial charge < -0.3 is 9.11 Å². The van der Waals surface area contributed by atoms with E-state index in [2.05, 4.69) is 19.2 Å². The van der Waals surface area contributed by atoms with Crippen LogP contribution in [0.3, 0.4) is 0 Å². The molecule has 1 aliphatic carbocycles. The van der Waals surface area contributed by atoms with Gasteiger partial charge in [0.05, 0.1) is 0 Å². The van der Waals surface area contributed by atoms with Crippen LogP contribution in [0.15, 0.2) is 0 Å². The largest absolute Gasteiger partial charge is 0.497 e. The molecule has 0 aromatic heterocycles. The van der Waals surface area contributed by atoms with Crippen LogP contribution in [0.5, 0.6) is 0 Å². The van der Waals surface area contributed by atoms with Gasteiger partial charge in [-0.05, 0) is 38.1 Å². The van der Waals surface area contributed by atoms with Crippen LogP contribution < -0.4 is 5.32 Å². The highest BCUT2D eigenvalue weighted by atomic mass is 27.2. The molecular formula is C13H26AlNO. The molecule has 2 nitrogen and oxygen atoms in total. The molecule has 0 aromatic carbocycles. The Morgan fingerprint density at radius 1 is 1.12 bits per heavy atom. The summed E-state index contributed by atoms with van der Waals surface area (Å²) < 4.78 is 6.44. The van der Waals surface area contributed by atoms with Crippen LogP contribution >= 0.6 is 0 Å². The molecule has 0 radical (unpaired) electrons. The first-order valence-electron chi connectivity index (χ1n) is 7.24. The van der Waals surface area contributed by atoms with Gasteiger partial charge in [0.25, 0.3) is 0 Å². The lowest BCUT2D eigenvalue weighted by Crippen LogP contribution is -2.53. The molecule has 92 valence electrons. The van der Waals surface area contributed by atoms with Crippen LogP contribution in [0.1, 0.15) is 46.0 Å². The standard InChI is InChI=1S/C9H16NO.2C2H5.Al/c11-8-5-1-3-7-4-2-6-10-9(7)8;2*1-2;/h7-10H,1-6H2;2*1H2,2H3;/q-1;;;+1. The van der Waals surface area contributed by atoms with Crippen LogP contribution in [0.4, 0.5) is 0 Å². The second kappa shape index (κ2) is 6.40. The van der Waals surface area contributed by atoms with Crippen molar-refractivity contribution >= 4 is 14.5 Å². The van der Waals surface area contributed by atoms with Crippen molar-refractivity contribution in [3.63, 3.8) is 0 Å². The van der Waals surface area contributed by atoms with Crippen molar-refractivity contribution in [3.8, 4) is 0 Å². The molecule has 3 atom stereocenters. The van der Waals surface area contributed by atoms with E-state index in [0.29, 0.717) is 12.1 Å². The minimum atomic E-state index is -0.872. The third kappa shape index (κ3) is 3.02. The van der Waals surface area contributed by atoms with Crippen molar-refractivity contribution in [2.24, 2.45) is 5.92 Å². The summed E-state index contributed by atoms with van der Waals surface area (Å²) in [6.45, 7) is 5.81. The van der Waals surface area contributed by atoms with Crippen LogP contribution in [0.25, 0.3) is 0 Å². The number of fused-ring (bicyclic) bond motifs is 1. The fraction of sp³-hybridized carbons (Fsp3) is 1.00. The smallest absolute Gasteiger partial charge is 0.460 e. The first kappa shape index (κ1) is 12.9. The zero-order chi connectivity index (χ0) is 11.4. The number of hydrogen-bond donors (Lipinski definition) is 1. The monoisotopic (exact) mass is 239 g/mol. The molecule has 3 heteroatoms. The molecule has 0 aromatic rings. The molecule has 0 amide bonds. The maximum absolute atomic E-state index is 6.44. The number of nitrogens with one attached hydrogen (secondary N) is 1. The second-order valence-corrected chi connectivity index (χ2v) is 8.58. The maximum Gasteiger partial charge on any atom is 0.460 e. The highest BCUT2D eigenvalue weighted by Gasteiger charge is 2.36. The lowest BCUT2D eigenvalue weighted by molar-refractivity contribution is 0.0583. The SMILES string of the molecule is C[CH2][Al]([CH2]C)[O]C1CCCC2CCCNC21. The van der Waals surface area contributed by atoms with Crippen molar-refractivity contribution in [1.82, 2.24) is 5.32 Å². The van der Waals surface area contributed by atoms with Gasteiger partial charge in [-0.25, -0.2) is 0 Å². The van der Waals surface area contributed by atoms with E-state index in [9.17, 15) is 0 Å². The lowest BCUT2D eigenvalue weighted by Gasteiger charge is -2.43. The van der Waals surface area contributed by atoms with Gasteiger partial charge in [0.15, 0.2) is 0 Å². The van der Waals surface area contributed by atoms with E-state index in [-0.39, 0.29) is 0 Å². The minimum absolute atomic E-state index is 0.551. The quantitative estimate of drug-likeness (QED) is 0.762. The van der Waals surface area contributed by atoms with Crippen LogP contribution in [-0.2, 0) is 3.79 Å². The van der Waals surface area contributed by atoms with Crippen LogP contribution in [0, 0.1) is 5.92 Å². The van der Waals surface area contributed by atoms with Crippen molar-refractivity contribution in [3.05, 3.63) is 0 Å². The summed E-state index contributed by atoms with van der Waals surface area (Å²) in [4.78, 5) is 0. The van der Waals surface area contributed by atoms with Gasteiger partial charge in [0.2, 0.25) is 0 Å². The normalized spacial score (nSPS) is 34.5. The van der Waals surface area contributed by atoms with Gasteiger partial charge in [-0.2, -0.15) is 0 Å². The zero-order valence-corrected chi connectivity index (χ0v) is 12.0. The maximum atomic E-state index is 6.44. The van der Waals surface area contributed by atoms with Gasteiger partial charge >= 0.3 is 14.5 Å². The Hall–Kier alpha value is 0.452. The summed E-state index contributed by atoms with van der Waals surface area (Å²) in [7, 11) is 0. The molecule has 2 rings (SSSR count). The summed E-state index contributed by atoms with van der Waals surface area (Å²) in [5, 5.41) is 6.31. The molecule has 1 N–H and O–H groups in total. The number of rotatable bonds is 4. The Kier molecular flexibility index (Phi) is 5.16. The fourth-order valence-electron chi connectivity index (χ4n) is 3.38. The van der Waals surface area contributed by atoms with E-state index in [1.54, 1.807) is 0 Å². The van der Waals surface area contributed by atoms with Gasteiger partial charge in [0.1, 0.15) is 0 Å². The van der Waals surface area contributed by atoms with Gasteiger partial charge in [-0.15, -0.1) is 0 Å². The zero-order valence-electron chi connectivity index (χ0n) is 10.9. The molecule has 1 aliphatic heterocycles. The third-order valence-electron chi connectivity index (χ3n) is 4.38. The molecule has 3 unspecified atom stereocenters. The first-order valence-corrected chi connectivity index (χ1v) is 9.34. The number of piperidine rings is 1. The van der Waals surface area contributed by atoms with E-state index in [1.165, 1.54) is 49.2 Å². The molecule has 0 spiro atoms. The Bertz CT molecular complexity index is 206. The van der Waals surface area contributed by atoms with Gasteiger partial charge in [-0.3, -0.25) is 0 Å². The lowest BCUT2D eigenvalue weighted by atomic mass is 9.78. The van der Waals surface area contributed by atoms with E-state index in [1.807, 2.05) is 0 Å². The summed E-state index contributed by atoms with van der Waals surface area (Å²) >= 11 is -0.872. The van der Waals surface area contributed by atoms with Crippen molar-refractivity contribution in [2.45, 2.75) is 68.7 Å². The predicted molar refractivity (Wildman–Crippen MR) is 70.0 cm³/mol. The minimum Gasteiger partial charge on any atom is -0.497 e. The first-order chi connectivity index (χ1) is 7.85. The molecule has 1 saturated carbocycles. The van der Waals surface area contributed by atoms with Crippen molar-refractivity contribution in [1.29, 1.82) is 0 Å². The average Bonchev–Trinajstić information content (AvgIpc) is 2.36. The van der Waals surface area contributed by atoms with Crippen LogP contribution in [-0.4, -0.2) is 33.2 Å². The van der Waals surface area contributed by atoms with Gasteiger partial charge in [-0.1, -0.05) is 30.8 Å². The molecular weight excluding hydrogens is 213 g/mol. The summed E-state index contributed by atoms with van der Waals surface area (Å²) in [5.41, 5.74) is 0. The molecule has 2 fully saturated rings. The fourth-order valence-corrected chi connectivity index (χ4v) is 5.14. The molecule has 2 aliphatic rings. The average molecular weight is 239 g/mol. The summed E-state index contributed by atoms with van der Waals surface area (Å²) in [6.07, 6.45) is 7.48. The molecule has 16 heavy (non-hydrogen) atoms. The summed E-state index contributed by atoms with van der Waals surface area (Å²) in [5.74, 6) is 0.913. The van der Waals surface area contributed by atoms with E-state index >= 15 is 0 Å². The Balaban J connectivity index is 1.91. The highest BCUT2D eigenvalue weighted by Crippen LogP contribution is 2.33. The number of hydrogen-bond acceptors (Lipinski definition) is 2. The van der Waals surface area contributed by atoms with E-state index in [4.69, 9.17) is 3.79 Å². The summed E-state index contributed by atoms with van der Waals surface area (Å²) in [6, 6.07) is 0.690. The van der Waals surface area contributed by atoms with Gasteiger partial charge in [0, 0.05) is 12.1 Å². The topological polar surface area (TPSA) is 21.3 Å². The molecule has 1 saturated heterocycles. The third-order valence-corrected chi connectivity index (χ3v) is 6.94. The highest BCUT2D eigenvalue weighted by molar-refractivity contribution is 6.51. The van der Waals surface area contributed by atoms with Crippen molar-refractivity contribution < 1.29 is 3.79 Å². The molecule has 0 bridgehead atoms. The second-order valence-electron chi connectivity index (χ2n) is 5.43. The van der Waals surface area contributed by atoms with Crippen molar-refractivity contribution in [2.75, 3.05) is 6.54 Å². The Morgan fingerprint density at radius 3 is 2.62 bits per heavy atom. The molecule has 1 heterocycles. The predicted octanol–water partition coefficient (Wildman–Crippen LogP) is 2.96. The Labute approximate surface area is 105 Å². The van der Waals surface area contributed by atoms with Crippen LogP contribution in [0.2, 0.25) is 10.6 Å². The van der Waals surface area contributed by atoms with E-state index < -0.39 is 14.5 Å².